The summed E-state index contributed by atoms with van der Waals surface area (Å²) in [5.74, 6) is 4.04. The van der Waals surface area contributed by atoms with E-state index in [2.05, 4.69) is 138 Å². The van der Waals surface area contributed by atoms with Gasteiger partial charge in [0.15, 0.2) is 57.6 Å². The number of amides is 3. The third-order valence-electron chi connectivity index (χ3n) is 19.3. The monoisotopic (exact) mass is 1830 g/mol. The lowest BCUT2D eigenvalue weighted by atomic mass is 9.86. The first-order valence-electron chi connectivity index (χ1n) is 39.5. The Morgan fingerprint density at radius 2 is 0.856 bits per heavy atom. The molecule has 13 heterocycles. The summed E-state index contributed by atoms with van der Waals surface area (Å²) in [5.41, 5.74) is 19.5. The maximum Gasteiger partial charge on any atom is 0.425 e. The zero-order chi connectivity index (χ0) is 88.8. The molecule has 41 heteroatoms. The topological polar surface area (TPSA) is 505 Å². The number of methoxy groups -OCH3 is 1. The van der Waals surface area contributed by atoms with Crippen LogP contribution < -0.4 is 42.5 Å². The predicted molar refractivity (Wildman–Crippen MR) is 468 cm³/mol. The second-order valence-electron chi connectivity index (χ2n) is 32.0. The van der Waals surface area contributed by atoms with Crippen LogP contribution in [0, 0.1) is 10.8 Å². The average molecular weight is 1830 g/mol. The summed E-state index contributed by atoms with van der Waals surface area (Å²) in [6.07, 6.45) is 10.8. The zero-order valence-corrected chi connectivity index (χ0v) is 73.4. The number of rotatable bonds is 13. The van der Waals surface area contributed by atoms with Gasteiger partial charge in [-0.25, -0.2) is 69.0 Å². The molecule has 4 fully saturated rings. The molecule has 0 aliphatic carbocycles. The number of hydrogen-bond acceptors (Lipinski definition) is 37. The number of esters is 1. The maximum atomic E-state index is 13.6. The van der Waals surface area contributed by atoms with E-state index in [0.717, 1.165) is 61.5 Å². The van der Waals surface area contributed by atoms with Crippen LogP contribution in [0.2, 0.25) is 0 Å². The van der Waals surface area contributed by atoms with Crippen molar-refractivity contribution in [2.24, 2.45) is 10.8 Å². The van der Waals surface area contributed by atoms with Crippen molar-refractivity contribution in [3.63, 3.8) is 0 Å². The van der Waals surface area contributed by atoms with Crippen molar-refractivity contribution in [1.29, 1.82) is 0 Å². The van der Waals surface area contributed by atoms with Gasteiger partial charge in [0.05, 0.1) is 31.9 Å². The van der Waals surface area contributed by atoms with Crippen molar-refractivity contribution in [2.45, 2.75) is 105 Å². The van der Waals surface area contributed by atoms with E-state index in [1.54, 1.807) is 65.9 Å². The van der Waals surface area contributed by atoms with Crippen LogP contribution in [0.25, 0.3) is 92.2 Å². The average Bonchev–Trinajstić information content (AvgIpc) is 1.73. The highest BCUT2D eigenvalue weighted by Crippen LogP contribution is 2.44. The Hall–Kier alpha value is -14.0. The predicted octanol–water partition coefficient (Wildman–Crippen LogP) is 14.1. The molecular formula is C84H91Br2N27O12. The summed E-state index contributed by atoms with van der Waals surface area (Å²) in [6.45, 7) is 22.2. The molecule has 0 bridgehead atoms. The molecule has 8 N–H and O–H groups in total. The Kier molecular flexibility index (Phi) is 27.4. The number of halogens is 2. The number of aromatic nitrogens is 18. The van der Waals surface area contributed by atoms with Crippen LogP contribution in [-0.4, -0.2) is 203 Å². The van der Waals surface area contributed by atoms with Crippen molar-refractivity contribution < 1.29 is 55.8 Å². The van der Waals surface area contributed by atoms with E-state index >= 15 is 0 Å². The molecule has 0 saturated carbocycles. The van der Waals surface area contributed by atoms with Crippen LogP contribution in [0.1, 0.15) is 98.5 Å². The van der Waals surface area contributed by atoms with Gasteiger partial charge < -0.3 is 79.2 Å². The molecule has 2 atom stereocenters. The van der Waals surface area contributed by atoms with E-state index in [1.807, 2.05) is 142 Å². The number of benzene rings is 4. The number of carbonyl (C=O) groups is 4. The molecule has 125 heavy (non-hydrogen) atoms. The first-order chi connectivity index (χ1) is 59.8. The van der Waals surface area contributed by atoms with Gasteiger partial charge in [-0.1, -0.05) is 72.8 Å². The number of nitrogens with zero attached hydrogens (tertiary/aromatic N) is 22. The molecule has 4 saturated heterocycles. The Balaban J connectivity index is 0.000000146. The Morgan fingerprint density at radius 3 is 1.31 bits per heavy atom. The molecule has 4 aliphatic heterocycles. The molecule has 2 spiro atoms. The second-order valence-corrected chi connectivity index (χ2v) is 33.7. The molecular weight excluding hydrogens is 1740 g/mol. The molecule has 17 rings (SSSR count). The van der Waals surface area contributed by atoms with Gasteiger partial charge in [0.25, 0.3) is 23.6 Å². The van der Waals surface area contributed by atoms with Gasteiger partial charge in [-0.2, -0.15) is 4.90 Å². The van der Waals surface area contributed by atoms with Crippen molar-refractivity contribution in [3.8, 4) is 92.2 Å². The fraction of sp³-hybridized carbons (Fsp3) is 0.333. The third-order valence-corrected chi connectivity index (χ3v) is 20.1. The van der Waals surface area contributed by atoms with Crippen molar-refractivity contribution in [1.82, 2.24) is 101 Å². The van der Waals surface area contributed by atoms with E-state index < -0.39 is 35.0 Å². The normalized spacial score (nSPS) is 15.9. The van der Waals surface area contributed by atoms with Gasteiger partial charge in [-0.3, -0.25) is 0 Å². The van der Waals surface area contributed by atoms with Gasteiger partial charge in [0.1, 0.15) is 37.6 Å². The van der Waals surface area contributed by atoms with E-state index in [0.29, 0.717) is 109 Å². The highest BCUT2D eigenvalue weighted by atomic mass is 79.9. The molecule has 9 aromatic heterocycles. The van der Waals surface area contributed by atoms with Gasteiger partial charge >= 0.3 is 24.2 Å². The Labute approximate surface area is 734 Å². The minimum absolute atomic E-state index is 0.00153. The van der Waals surface area contributed by atoms with Crippen molar-refractivity contribution in [3.05, 3.63) is 173 Å². The summed E-state index contributed by atoms with van der Waals surface area (Å²) < 4.78 is 45.5. The fourth-order valence-corrected chi connectivity index (χ4v) is 14.0. The molecule has 13 aromatic rings. The summed E-state index contributed by atoms with van der Waals surface area (Å²) in [7, 11) is 3.02. The van der Waals surface area contributed by atoms with Crippen LogP contribution in [0.5, 0.6) is 0 Å². The highest BCUT2D eigenvalue weighted by molar-refractivity contribution is 9.10. The lowest BCUT2D eigenvalue weighted by molar-refractivity contribution is 0.0274. The first-order valence-corrected chi connectivity index (χ1v) is 41.0. The molecule has 648 valence electrons. The number of nitrogen functional groups attached to an aromatic ring is 3. The quantitative estimate of drug-likeness (QED) is 0.0528. The number of hydrogen-bond donors (Lipinski definition) is 5. The van der Waals surface area contributed by atoms with Crippen LogP contribution >= 0.6 is 31.9 Å². The molecule has 2 unspecified atom stereocenters. The minimum atomic E-state index is -1.00. The molecule has 39 nitrogen and oxygen atoms in total. The summed E-state index contributed by atoms with van der Waals surface area (Å²) in [6, 6.07) is 37.9. The molecule has 4 aliphatic rings. The number of nitrogens with two attached hydrogens (primary N) is 3. The first kappa shape index (κ1) is 88.8. The lowest BCUT2D eigenvalue weighted by Crippen LogP contribution is -2.44. The van der Waals surface area contributed by atoms with Crippen LogP contribution in [0.3, 0.4) is 0 Å². The van der Waals surface area contributed by atoms with E-state index in [1.165, 1.54) is 44.7 Å². The third kappa shape index (κ3) is 22.7. The summed E-state index contributed by atoms with van der Waals surface area (Å²) in [4.78, 5) is 100. The van der Waals surface area contributed by atoms with E-state index in [-0.39, 0.29) is 63.9 Å². The summed E-state index contributed by atoms with van der Waals surface area (Å²) >= 11 is 6.51. The SMILES string of the molecule is CC(C)(C)OC(=O)N1CCC2(CCN(c3cnc(N(C(=O)OC(C)(C)C)C(=O)OC(C)(C)C)c(-c4nnc(-c5ccccc5)o4)n3)C2)C1.CNc1ncc(Br)nc1-c1nnc(-c2ccccc2)o1.COC(=O)c1nccnc1N.Nc1ncc(Br)nc1-c1nnc(-c2ccccc2)o1.Nc1ncc(N2CCC3(CCNC3)C2)nc1-c1nnc(-c2ccccc2)o1. The smallest absolute Gasteiger partial charge is 0.425 e. The standard InChI is InChI=1S/C34H45N7O7.C19H21N7O.C13H10BrN5O.C12H8BrN5O.C6H7N3O2/c1-31(2,3)46-28(42)40-18-16-34(21-40)15-17-39(20-34)23-19-35-25(41(29(43)47-32(4,5)6)30(44)48-33(7,8)9)24(36-23)27-38-37-26(45-27)22-13-11-10-12-14-22;20-16-15(18-25-24-17(27-18)13-4-2-1-3-5-13)23-14(10-22-16)26-9-7-19(12-26)6-8-21-11-19;1-15-11-10(17-9(14)7-16-11)13-19-18-12(20-13)8-5-3-2-4-6-8;13-8-6-15-10(14)9(16-8)12-18-17-11(19-12)7-4-2-1-3-5-7;1-11-6(10)4-5(7)9-3-2-8-4/h10-14,19H,15-18,20-21H2,1-9H3;1-5,10,21H,6-9,11-12H2,(H2,20,22);2-7H,1H3,(H,15,16);1-6H,(H2,14,15);2-3H,1H3,(H2,7,9). The number of carbonyl (C=O) groups excluding carboxylic acids is 4. The van der Waals surface area contributed by atoms with Crippen LogP contribution in [0.4, 0.5) is 55.1 Å². The maximum absolute atomic E-state index is 13.6. The largest absolute Gasteiger partial charge is 0.464 e. The number of anilines is 7. The second kappa shape index (κ2) is 38.6. The summed E-state index contributed by atoms with van der Waals surface area (Å²) in [5, 5.41) is 39.1. The number of imide groups is 1. The van der Waals surface area contributed by atoms with Gasteiger partial charge in [-0.05, 0) is 175 Å². The number of likely N-dealkylation sites (tertiary alicyclic amines) is 1. The van der Waals surface area contributed by atoms with Crippen molar-refractivity contribution in [2.75, 3.05) is 104 Å². The van der Waals surface area contributed by atoms with E-state index in [4.69, 9.17) is 59.0 Å². The minimum Gasteiger partial charge on any atom is -0.464 e. The lowest BCUT2D eigenvalue weighted by Gasteiger charge is -2.29. The van der Waals surface area contributed by atoms with Gasteiger partial charge in [0, 0.05) is 98.3 Å². The zero-order valence-electron chi connectivity index (χ0n) is 70.2. The van der Waals surface area contributed by atoms with Crippen molar-refractivity contribution >= 4 is 96.8 Å². The van der Waals surface area contributed by atoms with Crippen LogP contribution in [-0.2, 0) is 18.9 Å². The number of ether oxygens (including phenoxy) is 4. The highest BCUT2D eigenvalue weighted by Gasteiger charge is 2.47. The Bertz CT molecular complexity index is 5860. The van der Waals surface area contributed by atoms with E-state index in [9.17, 15) is 19.2 Å². The van der Waals surface area contributed by atoms with Gasteiger partial charge in [0.2, 0.25) is 23.6 Å². The Morgan fingerprint density at radius 1 is 0.456 bits per heavy atom. The van der Waals surface area contributed by atoms with Crippen LogP contribution in [0.15, 0.2) is 185 Å². The molecule has 4 aromatic carbocycles. The van der Waals surface area contributed by atoms with Gasteiger partial charge in [-0.15, -0.1) is 40.8 Å². The fourth-order valence-electron chi connectivity index (χ4n) is 13.5. The molecule has 3 amide bonds. The molecule has 0 radical (unpaired) electrons. The number of nitrogens with one attached hydrogen (secondary N) is 2.